The average Bonchev–Trinajstić information content (AvgIpc) is 3.02. The molecule has 0 spiro atoms. The number of aromatic nitrogens is 1. The quantitative estimate of drug-likeness (QED) is 0.459. The van der Waals surface area contributed by atoms with Gasteiger partial charge in [-0.1, -0.05) is 12.1 Å². The first-order valence-corrected chi connectivity index (χ1v) is 10.7. The van der Waals surface area contributed by atoms with E-state index in [2.05, 4.69) is 31.5 Å². The van der Waals surface area contributed by atoms with Crippen molar-refractivity contribution in [1.82, 2.24) is 15.6 Å². The minimum Gasteiger partial charge on any atom is -0.465 e. The summed E-state index contributed by atoms with van der Waals surface area (Å²) in [5.41, 5.74) is -1.17. The van der Waals surface area contributed by atoms with Crippen LogP contribution in [0, 0.1) is 0 Å². The predicted octanol–water partition coefficient (Wildman–Crippen LogP) is 4.85. The number of rotatable bonds is 8. The fourth-order valence-corrected chi connectivity index (χ4v) is 4.21. The van der Waals surface area contributed by atoms with Crippen molar-refractivity contribution in [3.63, 3.8) is 0 Å². The Bertz CT molecular complexity index is 904. The van der Waals surface area contributed by atoms with Crippen LogP contribution in [-0.2, 0) is 23.8 Å². The second-order valence-electron chi connectivity index (χ2n) is 7.32. The average molecular weight is 524 g/mol. The molecule has 0 radical (unpaired) electrons. The van der Waals surface area contributed by atoms with E-state index in [1.807, 2.05) is 5.38 Å². The van der Waals surface area contributed by atoms with Gasteiger partial charge < -0.3 is 20.5 Å². The minimum atomic E-state index is -4.45. The zero-order valence-electron chi connectivity index (χ0n) is 16.6. The third-order valence-corrected chi connectivity index (χ3v) is 5.61. The number of benzene rings is 1. The van der Waals surface area contributed by atoms with Crippen molar-refractivity contribution in [2.75, 3.05) is 6.54 Å². The molecular formula is C19H21BrF3N3O4S. The molecule has 2 aromatic rings. The monoisotopic (exact) mass is 523 g/mol. The zero-order chi connectivity index (χ0) is 23.2. The molecule has 2 amide bonds. The smallest absolute Gasteiger partial charge is 0.416 e. The number of nitrogens with one attached hydrogen (secondary N) is 2. The number of ether oxygens (including phenoxy) is 1. The van der Waals surface area contributed by atoms with E-state index in [-0.39, 0.29) is 13.0 Å². The van der Waals surface area contributed by atoms with Crippen molar-refractivity contribution < 1.29 is 32.6 Å². The Morgan fingerprint density at radius 2 is 1.90 bits per heavy atom. The van der Waals surface area contributed by atoms with Crippen molar-refractivity contribution in [3.8, 4) is 0 Å². The third kappa shape index (κ3) is 8.74. The first-order chi connectivity index (χ1) is 14.3. The summed E-state index contributed by atoms with van der Waals surface area (Å²) >= 11 is 4.68. The highest BCUT2D eigenvalue weighted by Gasteiger charge is 2.30. The van der Waals surface area contributed by atoms with E-state index >= 15 is 0 Å². The van der Waals surface area contributed by atoms with Gasteiger partial charge in [-0.3, -0.25) is 0 Å². The van der Waals surface area contributed by atoms with E-state index in [4.69, 9.17) is 9.84 Å². The number of carboxylic acid groups (broad SMARTS) is 1. The Morgan fingerprint density at radius 3 is 2.42 bits per heavy atom. The van der Waals surface area contributed by atoms with Gasteiger partial charge in [-0.2, -0.15) is 13.2 Å². The van der Waals surface area contributed by atoms with Crippen LogP contribution in [0.15, 0.2) is 34.2 Å². The molecule has 1 unspecified atom stereocenters. The zero-order valence-corrected chi connectivity index (χ0v) is 19.0. The lowest BCUT2D eigenvalue weighted by atomic mass is 10.0. The van der Waals surface area contributed by atoms with Crippen LogP contribution >= 0.6 is 27.3 Å². The summed E-state index contributed by atoms with van der Waals surface area (Å²) in [7, 11) is 0. The highest BCUT2D eigenvalue weighted by molar-refractivity contribution is 9.10. The normalized spacial score (nSPS) is 12.8. The Balaban J connectivity index is 1.92. The number of halogens is 4. The molecule has 12 heteroatoms. The van der Waals surface area contributed by atoms with Crippen LogP contribution in [0.25, 0.3) is 0 Å². The van der Waals surface area contributed by atoms with E-state index in [0.29, 0.717) is 16.6 Å². The summed E-state index contributed by atoms with van der Waals surface area (Å²) in [6.07, 6.45) is -6.04. The highest BCUT2D eigenvalue weighted by atomic mass is 79.9. The van der Waals surface area contributed by atoms with Crippen LogP contribution in [0.1, 0.15) is 30.0 Å². The third-order valence-electron chi connectivity index (χ3n) is 4.05. The van der Waals surface area contributed by atoms with Crippen molar-refractivity contribution in [2.24, 2.45) is 0 Å². The summed E-state index contributed by atoms with van der Waals surface area (Å²) in [6.45, 7) is 3.33. The molecule has 1 aromatic carbocycles. The van der Waals surface area contributed by atoms with Gasteiger partial charge in [-0.05, 0) is 53.9 Å². The van der Waals surface area contributed by atoms with Crippen molar-refractivity contribution in [1.29, 1.82) is 0 Å². The number of alkyl carbamates (subject to hydrolysis) is 1. The minimum absolute atomic E-state index is 0.0846. The molecule has 0 saturated heterocycles. The molecule has 0 saturated carbocycles. The lowest BCUT2D eigenvalue weighted by Gasteiger charge is -2.25. The Morgan fingerprint density at radius 1 is 1.26 bits per heavy atom. The summed E-state index contributed by atoms with van der Waals surface area (Å²) in [4.78, 5) is 27.5. The molecule has 0 bridgehead atoms. The number of thiazole rings is 1. The molecule has 1 aromatic heterocycles. The summed E-state index contributed by atoms with van der Waals surface area (Å²) < 4.78 is 44.1. The molecule has 0 aliphatic heterocycles. The fraction of sp³-hybridized carbons (Fsp3) is 0.421. The number of nitrogens with zero attached hydrogens (tertiary/aromatic N) is 1. The molecule has 0 fully saturated rings. The molecule has 1 atom stereocenters. The predicted molar refractivity (Wildman–Crippen MR) is 112 cm³/mol. The molecule has 0 aliphatic carbocycles. The largest absolute Gasteiger partial charge is 0.465 e. The fourth-order valence-electron chi connectivity index (χ4n) is 2.73. The molecule has 2 rings (SSSR count). The van der Waals surface area contributed by atoms with E-state index < -0.39 is 35.6 Å². The highest BCUT2D eigenvalue weighted by Crippen LogP contribution is 2.29. The number of carbonyl (C=O) groups is 2. The maximum atomic E-state index is 12.7. The van der Waals surface area contributed by atoms with Gasteiger partial charge in [0.15, 0.2) is 0 Å². The van der Waals surface area contributed by atoms with E-state index in [9.17, 15) is 22.8 Å². The van der Waals surface area contributed by atoms with E-state index in [0.717, 1.165) is 17.1 Å². The molecule has 170 valence electrons. The second-order valence-corrected chi connectivity index (χ2v) is 9.07. The van der Waals surface area contributed by atoms with Crippen LogP contribution in [0.3, 0.4) is 0 Å². The Hall–Kier alpha value is -2.34. The summed E-state index contributed by atoms with van der Waals surface area (Å²) in [5.74, 6) is 0. The van der Waals surface area contributed by atoms with Crippen LogP contribution in [-0.4, -0.2) is 40.5 Å². The number of amides is 2. The number of alkyl halides is 3. The van der Waals surface area contributed by atoms with Crippen LogP contribution in [0.4, 0.5) is 22.8 Å². The standard InChI is InChI=1S/C19H21BrF3N3O4S/c1-18(2,8-15-26-14(20)10-31-15)30-17(29)24-9-13(25-16(27)28)7-11-3-5-12(6-4-11)19(21,22)23/h3-6,10,13,25H,7-9H2,1-2H3,(H,24,29)(H,27,28). The van der Waals surface area contributed by atoms with E-state index in [1.165, 1.54) is 23.5 Å². The maximum absolute atomic E-state index is 12.7. The molecule has 31 heavy (non-hydrogen) atoms. The molecule has 7 nitrogen and oxygen atoms in total. The van der Waals surface area contributed by atoms with Gasteiger partial charge in [0.1, 0.15) is 10.2 Å². The molecule has 0 aliphatic rings. The number of hydrogen-bond donors (Lipinski definition) is 3. The molecular weight excluding hydrogens is 503 g/mol. The van der Waals surface area contributed by atoms with Crippen LogP contribution < -0.4 is 10.6 Å². The first kappa shape index (κ1) is 24.9. The van der Waals surface area contributed by atoms with Crippen molar-refractivity contribution in [2.45, 2.75) is 44.5 Å². The summed E-state index contributed by atoms with van der Waals surface area (Å²) in [6, 6.07) is 3.63. The van der Waals surface area contributed by atoms with Gasteiger partial charge in [0, 0.05) is 18.3 Å². The second kappa shape index (κ2) is 10.3. The number of carbonyl (C=O) groups excluding carboxylic acids is 1. The van der Waals surface area contributed by atoms with E-state index in [1.54, 1.807) is 13.8 Å². The SMILES string of the molecule is CC(C)(Cc1nc(Br)cs1)OC(=O)NCC(Cc1ccc(C(F)(F)F)cc1)NC(=O)O. The van der Waals surface area contributed by atoms with Crippen LogP contribution in [0.5, 0.6) is 0 Å². The Labute approximate surface area is 189 Å². The molecule has 3 N–H and O–H groups in total. The van der Waals surface area contributed by atoms with Crippen molar-refractivity contribution >= 4 is 39.5 Å². The maximum Gasteiger partial charge on any atom is 0.416 e. The number of hydrogen-bond acceptors (Lipinski definition) is 5. The van der Waals surface area contributed by atoms with Crippen molar-refractivity contribution in [3.05, 3.63) is 50.4 Å². The van der Waals surface area contributed by atoms with Gasteiger partial charge in [-0.15, -0.1) is 11.3 Å². The lowest BCUT2D eigenvalue weighted by molar-refractivity contribution is -0.137. The lowest BCUT2D eigenvalue weighted by Crippen LogP contribution is -2.46. The van der Waals surface area contributed by atoms with Gasteiger partial charge in [0.25, 0.3) is 0 Å². The topological polar surface area (TPSA) is 101 Å². The Kier molecular flexibility index (Phi) is 8.29. The van der Waals surface area contributed by atoms with Gasteiger partial charge in [0.2, 0.25) is 0 Å². The molecule has 1 heterocycles. The van der Waals surface area contributed by atoms with Gasteiger partial charge in [0.05, 0.1) is 16.6 Å². The summed E-state index contributed by atoms with van der Waals surface area (Å²) in [5, 5.41) is 16.3. The first-order valence-electron chi connectivity index (χ1n) is 9.06. The van der Waals surface area contributed by atoms with Gasteiger partial charge >= 0.3 is 18.4 Å². The van der Waals surface area contributed by atoms with Gasteiger partial charge in [-0.25, -0.2) is 14.6 Å². The van der Waals surface area contributed by atoms with Crippen LogP contribution in [0.2, 0.25) is 0 Å².